The fourth-order valence-electron chi connectivity index (χ4n) is 3.29. The Balaban J connectivity index is 1.83. The van der Waals surface area contributed by atoms with Gasteiger partial charge in [0.2, 0.25) is 5.95 Å². The van der Waals surface area contributed by atoms with E-state index in [9.17, 15) is 13.2 Å². The number of hydrogen-bond acceptors (Lipinski definition) is 4. The van der Waals surface area contributed by atoms with Crippen molar-refractivity contribution in [3.05, 3.63) is 71.4 Å². The Morgan fingerprint density at radius 1 is 0.903 bits per heavy atom. The van der Waals surface area contributed by atoms with Crippen LogP contribution in [-0.2, 0) is 19.0 Å². The summed E-state index contributed by atoms with van der Waals surface area (Å²) in [7, 11) is 0. The molecule has 31 heavy (non-hydrogen) atoms. The zero-order valence-corrected chi connectivity index (χ0v) is 17.8. The van der Waals surface area contributed by atoms with E-state index >= 15 is 0 Å². The molecule has 2 aromatic carbocycles. The summed E-state index contributed by atoms with van der Waals surface area (Å²) in [5.74, 6) is -0.176. The number of alkyl halides is 3. The van der Waals surface area contributed by atoms with Crippen LogP contribution in [0.1, 0.15) is 49.8 Å². The molecule has 3 aromatic rings. The monoisotopic (exact) mass is 428 g/mol. The van der Waals surface area contributed by atoms with Crippen molar-refractivity contribution in [1.29, 1.82) is 0 Å². The number of benzene rings is 2. The molecular formula is C24H27F3N4. The van der Waals surface area contributed by atoms with Gasteiger partial charge in [-0.3, -0.25) is 0 Å². The number of unbranched alkanes of at least 4 members (excludes halogenated alkanes) is 2. The first-order valence-corrected chi connectivity index (χ1v) is 10.6. The van der Waals surface area contributed by atoms with Gasteiger partial charge in [-0.1, -0.05) is 57.0 Å². The molecule has 2 N–H and O–H groups in total. The highest BCUT2D eigenvalue weighted by molar-refractivity contribution is 5.65. The van der Waals surface area contributed by atoms with E-state index in [-0.39, 0.29) is 11.8 Å². The van der Waals surface area contributed by atoms with Crippen molar-refractivity contribution in [2.75, 3.05) is 10.6 Å². The Hall–Kier alpha value is -3.09. The lowest BCUT2D eigenvalue weighted by molar-refractivity contribution is -0.137. The Morgan fingerprint density at radius 2 is 1.65 bits per heavy atom. The van der Waals surface area contributed by atoms with Crippen molar-refractivity contribution >= 4 is 23.1 Å². The van der Waals surface area contributed by atoms with Gasteiger partial charge in [0.1, 0.15) is 11.4 Å². The van der Waals surface area contributed by atoms with E-state index in [2.05, 4.69) is 27.5 Å². The standard InChI is InChI=1S/C24H27F3N4/c1-3-5-6-9-17-12-14-19(15-13-17)29-23-28-16-20(24(25,26)27)22(31-23)30-21-11-8-7-10-18(21)4-2/h7-8,10-16H,3-6,9H2,1-2H3,(H2,28,29,30,31). The van der Waals surface area contributed by atoms with Gasteiger partial charge in [-0.15, -0.1) is 0 Å². The van der Waals surface area contributed by atoms with Crippen molar-refractivity contribution in [2.45, 2.75) is 52.1 Å². The average molecular weight is 429 g/mol. The number of nitrogens with one attached hydrogen (secondary N) is 2. The van der Waals surface area contributed by atoms with E-state index < -0.39 is 11.7 Å². The van der Waals surface area contributed by atoms with Gasteiger partial charge in [-0.25, -0.2) is 4.98 Å². The minimum atomic E-state index is -4.57. The normalized spacial score (nSPS) is 11.4. The average Bonchev–Trinajstić information content (AvgIpc) is 2.75. The van der Waals surface area contributed by atoms with E-state index in [0.717, 1.165) is 30.3 Å². The van der Waals surface area contributed by atoms with Crippen molar-refractivity contribution in [3.8, 4) is 0 Å². The van der Waals surface area contributed by atoms with Gasteiger partial charge < -0.3 is 10.6 Å². The quantitative estimate of drug-likeness (QED) is 0.352. The highest BCUT2D eigenvalue weighted by Crippen LogP contribution is 2.36. The summed E-state index contributed by atoms with van der Waals surface area (Å²) in [6, 6.07) is 15.1. The highest BCUT2D eigenvalue weighted by Gasteiger charge is 2.35. The summed E-state index contributed by atoms with van der Waals surface area (Å²) in [6.07, 6.45) is 1.44. The molecule has 4 nitrogen and oxygen atoms in total. The van der Waals surface area contributed by atoms with Crippen molar-refractivity contribution in [3.63, 3.8) is 0 Å². The van der Waals surface area contributed by atoms with Crippen molar-refractivity contribution < 1.29 is 13.2 Å². The summed E-state index contributed by atoms with van der Waals surface area (Å²) in [5, 5.41) is 5.85. The largest absolute Gasteiger partial charge is 0.421 e. The van der Waals surface area contributed by atoms with Crippen LogP contribution in [0.2, 0.25) is 0 Å². The molecule has 0 saturated heterocycles. The topological polar surface area (TPSA) is 49.8 Å². The third-order valence-corrected chi connectivity index (χ3v) is 5.02. The number of aromatic nitrogens is 2. The fraction of sp³-hybridized carbons (Fsp3) is 0.333. The molecular weight excluding hydrogens is 401 g/mol. The fourth-order valence-corrected chi connectivity index (χ4v) is 3.29. The number of hydrogen-bond donors (Lipinski definition) is 2. The maximum absolute atomic E-state index is 13.5. The van der Waals surface area contributed by atoms with E-state index in [1.54, 1.807) is 12.1 Å². The van der Waals surface area contributed by atoms with Crippen LogP contribution >= 0.6 is 0 Å². The molecule has 164 valence electrons. The minimum Gasteiger partial charge on any atom is -0.339 e. The van der Waals surface area contributed by atoms with Gasteiger partial charge >= 0.3 is 6.18 Å². The third kappa shape index (κ3) is 6.20. The van der Waals surface area contributed by atoms with E-state index in [1.807, 2.05) is 43.3 Å². The number of para-hydroxylation sites is 1. The zero-order chi connectivity index (χ0) is 22.3. The lowest BCUT2D eigenvalue weighted by atomic mass is 10.1. The number of rotatable bonds is 9. The van der Waals surface area contributed by atoms with Crippen LogP contribution in [0.4, 0.5) is 36.3 Å². The number of halogens is 3. The first-order chi connectivity index (χ1) is 14.9. The molecule has 0 saturated carbocycles. The number of anilines is 4. The highest BCUT2D eigenvalue weighted by atomic mass is 19.4. The molecule has 0 bridgehead atoms. The van der Waals surface area contributed by atoms with Gasteiger partial charge in [0.15, 0.2) is 0 Å². The third-order valence-electron chi connectivity index (χ3n) is 5.02. The second-order valence-electron chi connectivity index (χ2n) is 7.37. The van der Waals surface area contributed by atoms with Crippen molar-refractivity contribution in [2.24, 2.45) is 0 Å². The predicted octanol–water partition coefficient (Wildman–Crippen LogP) is 7.28. The molecule has 0 fully saturated rings. The predicted molar refractivity (Wildman–Crippen MR) is 119 cm³/mol. The van der Waals surface area contributed by atoms with Gasteiger partial charge in [-0.2, -0.15) is 18.2 Å². The molecule has 0 radical (unpaired) electrons. The second-order valence-corrected chi connectivity index (χ2v) is 7.37. The Bertz CT molecular complexity index is 985. The van der Waals surface area contributed by atoms with Crippen LogP contribution in [0, 0.1) is 0 Å². The van der Waals surface area contributed by atoms with Crippen LogP contribution in [0.25, 0.3) is 0 Å². The SMILES string of the molecule is CCCCCc1ccc(Nc2ncc(C(F)(F)F)c(Nc3ccccc3CC)n2)cc1. The summed E-state index contributed by atoms with van der Waals surface area (Å²) in [4.78, 5) is 8.02. The molecule has 0 aliphatic rings. The Morgan fingerprint density at radius 3 is 2.32 bits per heavy atom. The van der Waals surface area contributed by atoms with E-state index in [4.69, 9.17) is 0 Å². The lowest BCUT2D eigenvalue weighted by Gasteiger charge is -2.16. The number of nitrogens with zero attached hydrogens (tertiary/aromatic N) is 2. The van der Waals surface area contributed by atoms with Crippen LogP contribution in [-0.4, -0.2) is 9.97 Å². The smallest absolute Gasteiger partial charge is 0.339 e. The molecule has 1 heterocycles. The van der Waals surface area contributed by atoms with Gasteiger partial charge in [-0.05, 0) is 48.6 Å². The molecule has 0 amide bonds. The lowest BCUT2D eigenvalue weighted by Crippen LogP contribution is -2.13. The van der Waals surface area contributed by atoms with Crippen molar-refractivity contribution in [1.82, 2.24) is 9.97 Å². The second kappa shape index (κ2) is 10.3. The van der Waals surface area contributed by atoms with Crippen LogP contribution in [0.5, 0.6) is 0 Å². The molecule has 0 aliphatic heterocycles. The van der Waals surface area contributed by atoms with Crippen LogP contribution < -0.4 is 10.6 Å². The summed E-state index contributed by atoms with van der Waals surface area (Å²) in [5.41, 5.74) is 2.54. The molecule has 0 spiro atoms. The van der Waals surface area contributed by atoms with Gasteiger partial charge in [0.25, 0.3) is 0 Å². The minimum absolute atomic E-state index is 0.100. The Labute approximate surface area is 181 Å². The Kier molecular flexibility index (Phi) is 7.50. The summed E-state index contributed by atoms with van der Waals surface area (Å²) < 4.78 is 40.6. The zero-order valence-electron chi connectivity index (χ0n) is 17.8. The molecule has 3 rings (SSSR count). The summed E-state index contributed by atoms with van der Waals surface area (Å²) in [6.45, 7) is 4.12. The van der Waals surface area contributed by atoms with E-state index in [0.29, 0.717) is 12.1 Å². The van der Waals surface area contributed by atoms with Crippen LogP contribution in [0.15, 0.2) is 54.7 Å². The van der Waals surface area contributed by atoms with E-state index in [1.165, 1.54) is 18.4 Å². The van der Waals surface area contributed by atoms with Gasteiger partial charge in [0, 0.05) is 17.6 Å². The molecule has 1 aromatic heterocycles. The molecule has 0 atom stereocenters. The molecule has 7 heteroatoms. The molecule has 0 aliphatic carbocycles. The maximum Gasteiger partial charge on any atom is 0.421 e. The van der Waals surface area contributed by atoms with Crippen LogP contribution in [0.3, 0.4) is 0 Å². The van der Waals surface area contributed by atoms with Gasteiger partial charge in [0.05, 0.1) is 0 Å². The first kappa shape index (κ1) is 22.6. The number of aryl methyl sites for hydroxylation is 2. The first-order valence-electron chi connectivity index (χ1n) is 10.6. The molecule has 0 unspecified atom stereocenters. The summed E-state index contributed by atoms with van der Waals surface area (Å²) >= 11 is 0. The maximum atomic E-state index is 13.5.